The summed E-state index contributed by atoms with van der Waals surface area (Å²) in [5.74, 6) is 5.03. The Morgan fingerprint density at radius 3 is 2.61 bits per heavy atom. The molecule has 2 aromatic carbocycles. The summed E-state index contributed by atoms with van der Waals surface area (Å²) in [6.45, 7) is 6.25. The summed E-state index contributed by atoms with van der Waals surface area (Å²) >= 11 is 6.08. The van der Waals surface area contributed by atoms with Crippen LogP contribution in [0.1, 0.15) is 59.6 Å². The van der Waals surface area contributed by atoms with Crippen molar-refractivity contribution in [2.45, 2.75) is 46.3 Å². The van der Waals surface area contributed by atoms with Crippen LogP contribution in [-0.4, -0.2) is 26.9 Å². The molecule has 2 heterocycles. The van der Waals surface area contributed by atoms with Crippen LogP contribution in [0.25, 0.3) is 0 Å². The first-order chi connectivity index (χ1) is 18.2. The Morgan fingerprint density at radius 1 is 1.24 bits per heavy atom. The molecule has 0 aliphatic carbocycles. The number of carbonyl (C=O) groups excluding carboxylic acids is 1. The number of nitrogens with one attached hydrogen (secondary N) is 1. The van der Waals surface area contributed by atoms with Crippen LogP contribution in [0.2, 0.25) is 5.02 Å². The SMILES string of the molecule is CC#CCn1c(N[C@H](c2ccc(Cl)cc2)C(C)C)nc2c(c1=O)CN(C(=O)c1ccc(C#N)cc1F)CC2. The number of rotatable bonds is 6. The minimum atomic E-state index is -0.768. The fraction of sp³-hybridized carbons (Fsp3) is 0.310. The monoisotopic (exact) mass is 531 g/mol. The van der Waals surface area contributed by atoms with E-state index in [1.807, 2.05) is 30.3 Å². The Bertz CT molecular complexity index is 1530. The number of nitriles is 1. The number of fused-ring (bicyclic) bond motifs is 1. The van der Waals surface area contributed by atoms with Crippen molar-refractivity contribution in [3.8, 4) is 17.9 Å². The minimum absolute atomic E-state index is 0.00404. The van der Waals surface area contributed by atoms with Crippen molar-refractivity contribution in [3.05, 3.63) is 91.6 Å². The molecule has 1 N–H and O–H groups in total. The van der Waals surface area contributed by atoms with Gasteiger partial charge in [0.05, 0.1) is 47.6 Å². The molecule has 7 nitrogen and oxygen atoms in total. The molecule has 1 aliphatic rings. The zero-order chi connectivity index (χ0) is 27.4. The van der Waals surface area contributed by atoms with Gasteiger partial charge in [0.1, 0.15) is 5.82 Å². The molecular weight excluding hydrogens is 505 g/mol. The molecule has 1 aromatic heterocycles. The molecule has 38 heavy (non-hydrogen) atoms. The Labute approximate surface area is 225 Å². The number of anilines is 1. The lowest BCUT2D eigenvalue weighted by Crippen LogP contribution is -2.42. The van der Waals surface area contributed by atoms with Crippen molar-refractivity contribution in [2.75, 3.05) is 11.9 Å². The van der Waals surface area contributed by atoms with Crippen LogP contribution in [0.5, 0.6) is 0 Å². The second-order valence-corrected chi connectivity index (χ2v) is 9.82. The van der Waals surface area contributed by atoms with E-state index in [0.29, 0.717) is 28.6 Å². The third kappa shape index (κ3) is 5.56. The number of aromatic nitrogens is 2. The molecule has 0 radical (unpaired) electrons. The number of halogens is 2. The molecule has 0 bridgehead atoms. The molecule has 3 aromatic rings. The first kappa shape index (κ1) is 26.9. The third-order valence-electron chi connectivity index (χ3n) is 6.53. The van der Waals surface area contributed by atoms with E-state index < -0.39 is 11.7 Å². The molecule has 0 spiro atoms. The lowest BCUT2D eigenvalue weighted by molar-refractivity contribution is 0.0727. The molecule has 1 aliphatic heterocycles. The van der Waals surface area contributed by atoms with Gasteiger partial charge in [-0.3, -0.25) is 14.2 Å². The average molecular weight is 532 g/mol. The smallest absolute Gasteiger partial charge is 0.261 e. The molecule has 0 saturated carbocycles. The third-order valence-corrected chi connectivity index (χ3v) is 6.78. The van der Waals surface area contributed by atoms with Gasteiger partial charge in [0.25, 0.3) is 11.5 Å². The normalized spacial score (nSPS) is 13.2. The molecule has 0 saturated heterocycles. The van der Waals surface area contributed by atoms with Crippen molar-refractivity contribution in [1.82, 2.24) is 14.5 Å². The molecule has 1 atom stereocenters. The highest BCUT2D eigenvalue weighted by Gasteiger charge is 2.29. The Morgan fingerprint density at radius 2 is 1.97 bits per heavy atom. The van der Waals surface area contributed by atoms with Crippen LogP contribution < -0.4 is 10.9 Å². The van der Waals surface area contributed by atoms with Crippen LogP contribution in [0.4, 0.5) is 10.3 Å². The number of hydrogen-bond acceptors (Lipinski definition) is 5. The van der Waals surface area contributed by atoms with Gasteiger partial charge in [0.15, 0.2) is 0 Å². The van der Waals surface area contributed by atoms with Crippen molar-refractivity contribution in [3.63, 3.8) is 0 Å². The maximum absolute atomic E-state index is 14.5. The number of benzene rings is 2. The lowest BCUT2D eigenvalue weighted by atomic mass is 9.96. The highest BCUT2D eigenvalue weighted by molar-refractivity contribution is 6.30. The highest BCUT2D eigenvalue weighted by atomic mass is 35.5. The van der Waals surface area contributed by atoms with Gasteiger partial charge in [-0.2, -0.15) is 5.26 Å². The van der Waals surface area contributed by atoms with Crippen LogP contribution in [0.3, 0.4) is 0 Å². The lowest BCUT2D eigenvalue weighted by Gasteiger charge is -2.30. The standard InChI is InChI=1S/C29H27ClFN5O2/c1-4-5-13-36-28(38)23-17-35(27(37)22-11-6-19(16-32)15-24(22)31)14-12-25(23)33-29(36)34-26(18(2)3)20-7-9-21(30)10-8-20/h6-11,15,18,26H,12-14,17H2,1-3H3,(H,33,34)/t26-/m0/s1. The van der Waals surface area contributed by atoms with Crippen molar-refractivity contribution < 1.29 is 9.18 Å². The molecular formula is C29H27ClFN5O2. The van der Waals surface area contributed by atoms with Crippen molar-refractivity contribution >= 4 is 23.5 Å². The van der Waals surface area contributed by atoms with Gasteiger partial charge in [-0.25, -0.2) is 9.37 Å². The first-order valence-electron chi connectivity index (χ1n) is 12.3. The summed E-state index contributed by atoms with van der Waals surface area (Å²) < 4.78 is 16.0. The van der Waals surface area contributed by atoms with Gasteiger partial charge in [0.2, 0.25) is 5.95 Å². The summed E-state index contributed by atoms with van der Waals surface area (Å²) in [5.41, 5.74) is 1.68. The molecule has 0 fully saturated rings. The fourth-order valence-corrected chi connectivity index (χ4v) is 4.60. The maximum atomic E-state index is 14.5. The number of carbonyl (C=O) groups is 1. The summed E-state index contributed by atoms with van der Waals surface area (Å²) in [4.78, 5) is 33.0. The van der Waals surface area contributed by atoms with E-state index in [-0.39, 0.29) is 48.3 Å². The summed E-state index contributed by atoms with van der Waals surface area (Å²) in [6.07, 6.45) is 0.344. The predicted octanol–water partition coefficient (Wildman–Crippen LogP) is 4.94. The molecule has 0 unspecified atom stereocenters. The number of nitrogens with zero attached hydrogens (tertiary/aromatic N) is 4. The Hall–Kier alpha value is -4.14. The van der Waals surface area contributed by atoms with E-state index >= 15 is 0 Å². The van der Waals surface area contributed by atoms with Gasteiger partial charge >= 0.3 is 0 Å². The van der Waals surface area contributed by atoms with Gasteiger partial charge in [-0.1, -0.05) is 43.5 Å². The minimum Gasteiger partial charge on any atom is -0.348 e. The predicted molar refractivity (Wildman–Crippen MR) is 144 cm³/mol. The van der Waals surface area contributed by atoms with Crippen LogP contribution in [0, 0.1) is 34.9 Å². The van der Waals surface area contributed by atoms with Gasteiger partial charge in [-0.05, 0) is 48.7 Å². The molecule has 4 rings (SSSR count). The van der Waals surface area contributed by atoms with E-state index in [0.717, 1.165) is 11.6 Å². The Balaban J connectivity index is 1.69. The summed E-state index contributed by atoms with van der Waals surface area (Å²) in [5, 5.41) is 13.1. The van der Waals surface area contributed by atoms with Crippen LogP contribution in [0.15, 0.2) is 47.3 Å². The summed E-state index contributed by atoms with van der Waals surface area (Å²) in [6, 6.07) is 13.0. The topological polar surface area (TPSA) is 91.0 Å². The second-order valence-electron chi connectivity index (χ2n) is 9.38. The van der Waals surface area contributed by atoms with E-state index in [1.165, 1.54) is 21.6 Å². The van der Waals surface area contributed by atoms with E-state index in [9.17, 15) is 14.0 Å². The first-order valence-corrected chi connectivity index (χ1v) is 12.6. The van der Waals surface area contributed by atoms with Crippen molar-refractivity contribution in [1.29, 1.82) is 5.26 Å². The van der Waals surface area contributed by atoms with Crippen molar-refractivity contribution in [2.24, 2.45) is 5.92 Å². The largest absolute Gasteiger partial charge is 0.348 e. The van der Waals surface area contributed by atoms with E-state index in [2.05, 4.69) is 31.0 Å². The number of hydrogen-bond donors (Lipinski definition) is 1. The highest BCUT2D eigenvalue weighted by Crippen LogP contribution is 2.28. The molecule has 9 heteroatoms. The van der Waals surface area contributed by atoms with Crippen LogP contribution >= 0.6 is 11.6 Å². The summed E-state index contributed by atoms with van der Waals surface area (Å²) in [7, 11) is 0. The molecule has 1 amide bonds. The fourth-order valence-electron chi connectivity index (χ4n) is 4.48. The Kier molecular flexibility index (Phi) is 8.14. The maximum Gasteiger partial charge on any atom is 0.261 e. The zero-order valence-corrected chi connectivity index (χ0v) is 22.1. The van der Waals surface area contributed by atoms with E-state index in [1.54, 1.807) is 6.92 Å². The van der Waals surface area contributed by atoms with Gasteiger partial charge in [-0.15, -0.1) is 5.92 Å². The van der Waals surface area contributed by atoms with E-state index in [4.69, 9.17) is 21.8 Å². The second kappa shape index (κ2) is 11.5. The van der Waals surface area contributed by atoms with Gasteiger partial charge < -0.3 is 10.2 Å². The molecule has 194 valence electrons. The van der Waals surface area contributed by atoms with Gasteiger partial charge in [0, 0.05) is 18.0 Å². The average Bonchev–Trinajstić information content (AvgIpc) is 2.91. The zero-order valence-electron chi connectivity index (χ0n) is 21.4. The number of amides is 1. The van der Waals surface area contributed by atoms with Crippen LogP contribution in [-0.2, 0) is 19.5 Å². The quantitative estimate of drug-likeness (QED) is 0.455.